The number of hydrogen-bond donors (Lipinski definition) is 1. The topological polar surface area (TPSA) is 12.0 Å². The molecule has 0 aliphatic heterocycles. The summed E-state index contributed by atoms with van der Waals surface area (Å²) in [4.78, 5) is 0. The van der Waals surface area contributed by atoms with Gasteiger partial charge in [-0.3, -0.25) is 0 Å². The summed E-state index contributed by atoms with van der Waals surface area (Å²) in [6.07, 6.45) is 6.64. The minimum atomic E-state index is 0.508. The average Bonchev–Trinajstić information content (AvgIpc) is 2.37. The van der Waals surface area contributed by atoms with Crippen molar-refractivity contribution in [2.24, 2.45) is 5.92 Å². The van der Waals surface area contributed by atoms with E-state index >= 15 is 0 Å². The Morgan fingerprint density at radius 2 is 2.00 bits per heavy atom. The van der Waals surface area contributed by atoms with E-state index in [-0.39, 0.29) is 0 Å². The lowest BCUT2D eigenvalue weighted by Crippen LogP contribution is -2.36. The maximum Gasteiger partial charge on any atom is 0.0320 e. The fourth-order valence-corrected chi connectivity index (χ4v) is 3.28. The summed E-state index contributed by atoms with van der Waals surface area (Å²) in [6, 6.07) is 9.97. The smallest absolute Gasteiger partial charge is 0.0320 e. The minimum absolute atomic E-state index is 0.508. The Morgan fingerprint density at radius 3 is 2.61 bits per heavy atom. The van der Waals surface area contributed by atoms with Crippen LogP contribution in [0.3, 0.4) is 0 Å². The molecule has 0 bridgehead atoms. The van der Waals surface area contributed by atoms with Gasteiger partial charge in [0.15, 0.2) is 0 Å². The summed E-state index contributed by atoms with van der Waals surface area (Å²) in [5.74, 6) is 0.888. The van der Waals surface area contributed by atoms with Crippen LogP contribution in [0.15, 0.2) is 28.7 Å². The zero-order valence-electron chi connectivity index (χ0n) is 11.5. The summed E-state index contributed by atoms with van der Waals surface area (Å²) in [5.41, 5.74) is 1.42. The Labute approximate surface area is 119 Å². The molecule has 2 rings (SSSR count). The van der Waals surface area contributed by atoms with Crippen LogP contribution in [-0.4, -0.2) is 6.04 Å². The molecule has 0 radical (unpaired) electrons. The van der Waals surface area contributed by atoms with Crippen LogP contribution in [0.1, 0.15) is 57.6 Å². The lowest BCUT2D eigenvalue weighted by atomic mass is 9.86. The molecule has 1 fully saturated rings. The van der Waals surface area contributed by atoms with Gasteiger partial charge in [0.1, 0.15) is 0 Å². The van der Waals surface area contributed by atoms with Crippen molar-refractivity contribution in [3.63, 3.8) is 0 Å². The molecule has 1 aliphatic carbocycles. The summed E-state index contributed by atoms with van der Waals surface area (Å²) in [5, 5.41) is 3.86. The van der Waals surface area contributed by atoms with Crippen molar-refractivity contribution in [3.05, 3.63) is 34.3 Å². The predicted molar refractivity (Wildman–Crippen MR) is 81.7 cm³/mol. The highest BCUT2D eigenvalue weighted by molar-refractivity contribution is 9.10. The highest BCUT2D eigenvalue weighted by atomic mass is 79.9. The van der Waals surface area contributed by atoms with Crippen molar-refractivity contribution in [2.45, 2.75) is 58.0 Å². The molecule has 1 nitrogen and oxygen atoms in total. The van der Waals surface area contributed by atoms with Gasteiger partial charge in [0, 0.05) is 16.6 Å². The second-order valence-electron chi connectivity index (χ2n) is 5.65. The van der Waals surface area contributed by atoms with Gasteiger partial charge in [-0.25, -0.2) is 0 Å². The summed E-state index contributed by atoms with van der Waals surface area (Å²) >= 11 is 3.50. The second kappa shape index (κ2) is 6.72. The van der Waals surface area contributed by atoms with Crippen LogP contribution in [0.5, 0.6) is 0 Å². The molecule has 0 heterocycles. The third-order valence-electron chi connectivity index (χ3n) is 4.05. The summed E-state index contributed by atoms with van der Waals surface area (Å²) in [7, 11) is 0. The van der Waals surface area contributed by atoms with Gasteiger partial charge in [-0.15, -0.1) is 0 Å². The lowest BCUT2D eigenvalue weighted by Gasteiger charge is -2.31. The first-order valence-electron chi connectivity index (χ1n) is 7.20. The number of rotatable bonds is 4. The van der Waals surface area contributed by atoms with E-state index in [4.69, 9.17) is 0 Å². The number of halogens is 1. The maximum absolute atomic E-state index is 3.86. The van der Waals surface area contributed by atoms with Crippen LogP contribution in [0.2, 0.25) is 0 Å². The number of hydrogen-bond acceptors (Lipinski definition) is 1. The van der Waals surface area contributed by atoms with Crippen LogP contribution < -0.4 is 5.32 Å². The third-order valence-corrected chi connectivity index (χ3v) is 4.58. The Morgan fingerprint density at radius 1 is 1.28 bits per heavy atom. The molecule has 1 saturated carbocycles. The molecule has 0 spiro atoms. The van der Waals surface area contributed by atoms with E-state index in [2.05, 4.69) is 59.4 Å². The van der Waals surface area contributed by atoms with Gasteiger partial charge >= 0.3 is 0 Å². The average molecular weight is 310 g/mol. The quantitative estimate of drug-likeness (QED) is 0.819. The molecular weight excluding hydrogens is 286 g/mol. The molecule has 100 valence electrons. The third kappa shape index (κ3) is 3.83. The van der Waals surface area contributed by atoms with Crippen molar-refractivity contribution < 1.29 is 0 Å². The molecule has 1 aromatic carbocycles. The highest BCUT2D eigenvalue weighted by Crippen LogP contribution is 2.27. The molecule has 0 aromatic heterocycles. The number of nitrogens with one attached hydrogen (secondary N) is 1. The van der Waals surface area contributed by atoms with Gasteiger partial charge in [0.25, 0.3) is 0 Å². The van der Waals surface area contributed by atoms with Gasteiger partial charge in [-0.1, -0.05) is 54.8 Å². The lowest BCUT2D eigenvalue weighted by molar-refractivity contribution is 0.278. The van der Waals surface area contributed by atoms with Crippen molar-refractivity contribution in [2.75, 3.05) is 0 Å². The SMILES string of the molecule is CCC(NC1CCCC(C)C1)c1ccc(Br)cc1. The van der Waals surface area contributed by atoms with Crippen molar-refractivity contribution in [1.82, 2.24) is 5.32 Å². The largest absolute Gasteiger partial charge is 0.307 e. The molecule has 1 aromatic rings. The standard InChI is InChI=1S/C16H24BrN/c1-3-16(13-7-9-14(17)10-8-13)18-15-6-4-5-12(2)11-15/h7-10,12,15-16,18H,3-6,11H2,1-2H3. The van der Waals surface area contributed by atoms with Gasteiger partial charge in [-0.2, -0.15) is 0 Å². The van der Waals surface area contributed by atoms with Crippen molar-refractivity contribution >= 4 is 15.9 Å². The van der Waals surface area contributed by atoms with E-state index in [0.717, 1.165) is 16.8 Å². The van der Waals surface area contributed by atoms with Crippen molar-refractivity contribution in [3.8, 4) is 0 Å². The van der Waals surface area contributed by atoms with E-state index in [1.54, 1.807) is 0 Å². The molecule has 2 heteroatoms. The van der Waals surface area contributed by atoms with E-state index in [1.165, 1.54) is 31.2 Å². The zero-order chi connectivity index (χ0) is 13.0. The first-order valence-corrected chi connectivity index (χ1v) is 8.00. The van der Waals surface area contributed by atoms with Gasteiger partial charge in [0.2, 0.25) is 0 Å². The molecule has 1 aliphatic rings. The molecule has 0 saturated heterocycles. The van der Waals surface area contributed by atoms with Gasteiger partial charge in [0.05, 0.1) is 0 Å². The van der Waals surface area contributed by atoms with E-state index in [9.17, 15) is 0 Å². The van der Waals surface area contributed by atoms with Crippen molar-refractivity contribution in [1.29, 1.82) is 0 Å². The molecule has 18 heavy (non-hydrogen) atoms. The molecule has 3 atom stereocenters. The summed E-state index contributed by atoms with van der Waals surface area (Å²) < 4.78 is 1.16. The zero-order valence-corrected chi connectivity index (χ0v) is 13.0. The normalized spacial score (nSPS) is 25.9. The highest BCUT2D eigenvalue weighted by Gasteiger charge is 2.21. The molecule has 0 amide bonds. The van der Waals surface area contributed by atoms with Gasteiger partial charge < -0.3 is 5.32 Å². The monoisotopic (exact) mass is 309 g/mol. The second-order valence-corrected chi connectivity index (χ2v) is 6.56. The first-order chi connectivity index (χ1) is 8.69. The number of benzene rings is 1. The van der Waals surface area contributed by atoms with Crippen LogP contribution >= 0.6 is 15.9 Å². The van der Waals surface area contributed by atoms with Gasteiger partial charge in [-0.05, 0) is 42.9 Å². The van der Waals surface area contributed by atoms with Crippen LogP contribution in [-0.2, 0) is 0 Å². The fraction of sp³-hybridized carbons (Fsp3) is 0.625. The Bertz CT molecular complexity index is 360. The molecule has 1 N–H and O–H groups in total. The first kappa shape index (κ1) is 14.1. The maximum atomic E-state index is 3.86. The predicted octanol–water partition coefficient (Wildman–Crippen LogP) is 5.07. The van der Waals surface area contributed by atoms with Crippen LogP contribution in [0.25, 0.3) is 0 Å². The molecule has 3 unspecified atom stereocenters. The van der Waals surface area contributed by atoms with E-state index in [0.29, 0.717) is 12.1 Å². The Balaban J connectivity index is 1.98. The summed E-state index contributed by atoms with van der Waals surface area (Å²) in [6.45, 7) is 4.65. The van der Waals surface area contributed by atoms with Crippen LogP contribution in [0.4, 0.5) is 0 Å². The fourth-order valence-electron chi connectivity index (χ4n) is 3.01. The van der Waals surface area contributed by atoms with E-state index in [1.807, 2.05) is 0 Å². The Kier molecular flexibility index (Phi) is 5.25. The molecular formula is C16H24BrN. The Hall–Kier alpha value is -0.340. The van der Waals surface area contributed by atoms with E-state index < -0.39 is 0 Å². The minimum Gasteiger partial charge on any atom is -0.307 e. The van der Waals surface area contributed by atoms with Crippen LogP contribution in [0, 0.1) is 5.92 Å².